The number of hydrogen-bond acceptors (Lipinski definition) is 4. The van der Waals surface area contributed by atoms with Gasteiger partial charge in [-0.2, -0.15) is 0 Å². The molecule has 1 heterocycles. The number of nitrogens with two attached hydrogens (primary N) is 1. The highest BCUT2D eigenvalue weighted by Gasteiger charge is 2.30. The van der Waals surface area contributed by atoms with Gasteiger partial charge in [-0.1, -0.05) is 12.1 Å². The van der Waals surface area contributed by atoms with E-state index in [0.29, 0.717) is 6.04 Å². The number of anilines is 2. The van der Waals surface area contributed by atoms with Gasteiger partial charge in [-0.05, 0) is 30.5 Å². The van der Waals surface area contributed by atoms with E-state index in [1.807, 2.05) is 23.7 Å². The number of aromatic nitrogens is 1. The van der Waals surface area contributed by atoms with Crippen molar-refractivity contribution < 1.29 is 0 Å². The highest BCUT2D eigenvalue weighted by molar-refractivity contribution is 7.13. The van der Waals surface area contributed by atoms with Crippen molar-refractivity contribution in [2.75, 3.05) is 10.6 Å². The van der Waals surface area contributed by atoms with E-state index in [1.165, 1.54) is 18.4 Å². The first-order chi connectivity index (χ1) is 8.33. The van der Waals surface area contributed by atoms with Crippen LogP contribution in [0.4, 0.5) is 10.8 Å². The second-order valence-electron chi connectivity index (χ2n) is 4.42. The van der Waals surface area contributed by atoms with Crippen molar-refractivity contribution in [1.29, 1.82) is 0 Å². The first-order valence-corrected chi connectivity index (χ1v) is 6.71. The number of benzene rings is 1. The van der Waals surface area contributed by atoms with Gasteiger partial charge in [0.1, 0.15) is 0 Å². The van der Waals surface area contributed by atoms with Crippen molar-refractivity contribution in [2.45, 2.75) is 25.4 Å². The molecule has 0 unspecified atom stereocenters. The van der Waals surface area contributed by atoms with Crippen LogP contribution in [0.1, 0.15) is 18.4 Å². The number of nitrogen functional groups attached to an aromatic ring is 1. The molecule has 2 aromatic rings. The minimum atomic E-state index is 0.679. The van der Waals surface area contributed by atoms with Crippen LogP contribution in [0.2, 0.25) is 0 Å². The van der Waals surface area contributed by atoms with Crippen LogP contribution in [0.25, 0.3) is 0 Å². The molecule has 1 saturated carbocycles. The minimum Gasteiger partial charge on any atom is -0.399 e. The van der Waals surface area contributed by atoms with Crippen molar-refractivity contribution in [3.05, 3.63) is 41.4 Å². The van der Waals surface area contributed by atoms with E-state index < -0.39 is 0 Å². The Morgan fingerprint density at radius 3 is 2.65 bits per heavy atom. The Kier molecular flexibility index (Phi) is 2.73. The fourth-order valence-corrected chi connectivity index (χ4v) is 2.63. The van der Waals surface area contributed by atoms with Gasteiger partial charge in [0, 0.05) is 29.9 Å². The lowest BCUT2D eigenvalue weighted by Crippen LogP contribution is -2.24. The zero-order valence-corrected chi connectivity index (χ0v) is 10.4. The highest BCUT2D eigenvalue weighted by atomic mass is 32.1. The van der Waals surface area contributed by atoms with E-state index >= 15 is 0 Å². The summed E-state index contributed by atoms with van der Waals surface area (Å²) in [4.78, 5) is 6.81. The third kappa shape index (κ3) is 2.42. The Bertz CT molecular complexity index is 474. The molecule has 0 saturated heterocycles. The molecule has 0 radical (unpaired) electrons. The molecule has 88 valence electrons. The first kappa shape index (κ1) is 10.6. The maximum absolute atomic E-state index is 5.70. The second-order valence-corrected chi connectivity index (χ2v) is 5.29. The molecular weight excluding hydrogens is 230 g/mol. The van der Waals surface area contributed by atoms with Crippen molar-refractivity contribution in [1.82, 2.24) is 4.98 Å². The monoisotopic (exact) mass is 245 g/mol. The Balaban J connectivity index is 1.79. The van der Waals surface area contributed by atoms with Gasteiger partial charge in [0.15, 0.2) is 5.13 Å². The molecule has 2 N–H and O–H groups in total. The average Bonchev–Trinajstić information content (AvgIpc) is 3.03. The maximum Gasteiger partial charge on any atom is 0.185 e. The van der Waals surface area contributed by atoms with Gasteiger partial charge in [0.25, 0.3) is 0 Å². The van der Waals surface area contributed by atoms with Crippen LogP contribution in [0.5, 0.6) is 0 Å². The predicted molar refractivity (Wildman–Crippen MR) is 72.2 cm³/mol. The Hall–Kier alpha value is -1.55. The molecule has 4 heteroatoms. The zero-order valence-electron chi connectivity index (χ0n) is 9.54. The van der Waals surface area contributed by atoms with E-state index in [1.54, 1.807) is 11.3 Å². The predicted octanol–water partition coefficient (Wildman–Crippen LogP) is 2.89. The fraction of sp³-hybridized carbons (Fsp3) is 0.308. The quantitative estimate of drug-likeness (QED) is 0.842. The van der Waals surface area contributed by atoms with Crippen LogP contribution >= 0.6 is 11.3 Å². The summed E-state index contributed by atoms with van der Waals surface area (Å²) in [6.07, 6.45) is 4.45. The average molecular weight is 245 g/mol. The topological polar surface area (TPSA) is 42.1 Å². The number of nitrogens with zero attached hydrogens (tertiary/aromatic N) is 2. The van der Waals surface area contributed by atoms with Crippen LogP contribution < -0.4 is 10.6 Å². The maximum atomic E-state index is 5.70. The van der Waals surface area contributed by atoms with Gasteiger partial charge in [-0.25, -0.2) is 4.98 Å². The standard InChI is InChI=1S/C13H15N3S/c14-11-3-1-10(2-4-11)9-16(12-5-6-12)13-15-7-8-17-13/h1-4,7-8,12H,5-6,9,14H2. The summed E-state index contributed by atoms with van der Waals surface area (Å²) in [7, 11) is 0. The van der Waals surface area contributed by atoms with Gasteiger partial charge in [0.2, 0.25) is 0 Å². The van der Waals surface area contributed by atoms with Crippen LogP contribution in [0.15, 0.2) is 35.8 Å². The molecule has 1 aliphatic carbocycles. The van der Waals surface area contributed by atoms with Crippen LogP contribution in [0, 0.1) is 0 Å². The van der Waals surface area contributed by atoms with Gasteiger partial charge >= 0.3 is 0 Å². The second kappa shape index (κ2) is 4.37. The molecule has 17 heavy (non-hydrogen) atoms. The number of hydrogen-bond donors (Lipinski definition) is 1. The van der Waals surface area contributed by atoms with Gasteiger partial charge in [-0.3, -0.25) is 0 Å². The van der Waals surface area contributed by atoms with Crippen LogP contribution in [-0.4, -0.2) is 11.0 Å². The molecule has 0 amide bonds. The molecule has 0 spiro atoms. The third-order valence-corrected chi connectivity index (χ3v) is 3.79. The lowest BCUT2D eigenvalue weighted by atomic mass is 10.2. The third-order valence-electron chi connectivity index (χ3n) is 2.99. The van der Waals surface area contributed by atoms with Crippen molar-refractivity contribution in [3.63, 3.8) is 0 Å². The summed E-state index contributed by atoms with van der Waals surface area (Å²) in [6, 6.07) is 8.79. The smallest absolute Gasteiger partial charge is 0.185 e. The molecule has 1 fully saturated rings. The summed E-state index contributed by atoms with van der Waals surface area (Å²) < 4.78 is 0. The summed E-state index contributed by atoms with van der Waals surface area (Å²) in [5.74, 6) is 0. The van der Waals surface area contributed by atoms with E-state index in [-0.39, 0.29) is 0 Å². The van der Waals surface area contributed by atoms with Gasteiger partial charge in [0.05, 0.1) is 0 Å². The minimum absolute atomic E-state index is 0.679. The zero-order chi connectivity index (χ0) is 11.7. The largest absolute Gasteiger partial charge is 0.399 e. The molecule has 1 aromatic carbocycles. The first-order valence-electron chi connectivity index (χ1n) is 5.83. The molecular formula is C13H15N3S. The normalized spacial score (nSPS) is 14.8. The number of thiazole rings is 1. The molecule has 1 aliphatic rings. The van der Waals surface area contributed by atoms with E-state index in [4.69, 9.17) is 5.73 Å². The lowest BCUT2D eigenvalue weighted by Gasteiger charge is -2.21. The van der Waals surface area contributed by atoms with E-state index in [2.05, 4.69) is 22.0 Å². The molecule has 0 atom stereocenters. The molecule has 3 nitrogen and oxygen atoms in total. The van der Waals surface area contributed by atoms with Gasteiger partial charge in [-0.15, -0.1) is 11.3 Å². The summed E-state index contributed by atoms with van der Waals surface area (Å²) >= 11 is 1.71. The van der Waals surface area contributed by atoms with E-state index in [9.17, 15) is 0 Å². The van der Waals surface area contributed by atoms with Crippen molar-refractivity contribution in [2.24, 2.45) is 0 Å². The SMILES string of the molecule is Nc1ccc(CN(c2nccs2)C2CC2)cc1. The number of rotatable bonds is 4. The van der Waals surface area contributed by atoms with Crippen LogP contribution in [0.3, 0.4) is 0 Å². The summed E-state index contributed by atoms with van der Waals surface area (Å²) in [5, 5.41) is 3.16. The van der Waals surface area contributed by atoms with Crippen molar-refractivity contribution in [3.8, 4) is 0 Å². The Morgan fingerprint density at radius 2 is 2.06 bits per heavy atom. The Labute approximate surface area is 105 Å². The van der Waals surface area contributed by atoms with E-state index in [0.717, 1.165) is 17.4 Å². The highest BCUT2D eigenvalue weighted by Crippen LogP contribution is 2.34. The van der Waals surface area contributed by atoms with Gasteiger partial charge < -0.3 is 10.6 Å². The van der Waals surface area contributed by atoms with Crippen molar-refractivity contribution >= 4 is 22.2 Å². The Morgan fingerprint density at radius 1 is 1.29 bits per heavy atom. The lowest BCUT2D eigenvalue weighted by molar-refractivity contribution is 0.790. The molecule has 3 rings (SSSR count). The fourth-order valence-electron chi connectivity index (χ4n) is 1.92. The molecule has 0 bridgehead atoms. The van der Waals surface area contributed by atoms with Crippen LogP contribution in [-0.2, 0) is 6.54 Å². The summed E-state index contributed by atoms with van der Waals surface area (Å²) in [6.45, 7) is 0.929. The molecule has 1 aromatic heterocycles. The summed E-state index contributed by atoms with van der Waals surface area (Å²) in [5.41, 5.74) is 7.81. The molecule has 0 aliphatic heterocycles.